The van der Waals surface area contributed by atoms with Crippen molar-refractivity contribution >= 4 is 23.2 Å². The molecular formula is C28H33N3O3. The summed E-state index contributed by atoms with van der Waals surface area (Å²) in [6.45, 7) is 3.94. The fourth-order valence-electron chi connectivity index (χ4n) is 4.59. The second kappa shape index (κ2) is 10.2. The number of carbonyl (C=O) groups is 2. The van der Waals surface area contributed by atoms with E-state index in [0.717, 1.165) is 48.1 Å². The summed E-state index contributed by atoms with van der Waals surface area (Å²) < 4.78 is 5.49. The molecule has 34 heavy (non-hydrogen) atoms. The van der Waals surface area contributed by atoms with Crippen LogP contribution in [0.1, 0.15) is 59.0 Å². The second-order valence-electron chi connectivity index (χ2n) is 9.32. The standard InChI is InChI=1S/C28H33N3O3/c1-19-11-12-20(2)24(18-19)31(28(33)25-10-7-17-34-25)26(27(32)29-22-8-5-6-9-22)21-13-15-23(16-14-21)30(3)4/h7,10-18,22,26H,5-6,8-9H2,1-4H3,(H,29,32)/t26-/m0/s1. The van der Waals surface area contributed by atoms with E-state index in [2.05, 4.69) is 5.32 Å². The molecule has 1 atom stereocenters. The van der Waals surface area contributed by atoms with E-state index in [-0.39, 0.29) is 23.6 Å². The van der Waals surface area contributed by atoms with Crippen LogP contribution in [0.2, 0.25) is 0 Å². The van der Waals surface area contributed by atoms with Crippen LogP contribution in [-0.4, -0.2) is 32.0 Å². The van der Waals surface area contributed by atoms with Gasteiger partial charge >= 0.3 is 0 Å². The van der Waals surface area contributed by atoms with Gasteiger partial charge in [-0.15, -0.1) is 0 Å². The molecule has 1 N–H and O–H groups in total. The lowest BCUT2D eigenvalue weighted by Crippen LogP contribution is -2.46. The Labute approximate surface area is 201 Å². The number of carbonyl (C=O) groups excluding carboxylic acids is 2. The molecule has 0 aliphatic heterocycles. The van der Waals surface area contributed by atoms with Gasteiger partial charge in [-0.3, -0.25) is 14.5 Å². The number of benzene rings is 2. The summed E-state index contributed by atoms with van der Waals surface area (Å²) in [4.78, 5) is 31.3. The van der Waals surface area contributed by atoms with Crippen LogP contribution in [0.5, 0.6) is 0 Å². The maximum absolute atomic E-state index is 13.9. The highest BCUT2D eigenvalue weighted by molar-refractivity contribution is 6.09. The van der Waals surface area contributed by atoms with Gasteiger partial charge in [0.15, 0.2) is 5.76 Å². The Balaban J connectivity index is 1.84. The molecule has 2 amide bonds. The van der Waals surface area contributed by atoms with Crippen LogP contribution < -0.4 is 15.1 Å². The first-order valence-corrected chi connectivity index (χ1v) is 11.9. The number of furan rings is 1. The molecule has 0 bridgehead atoms. The van der Waals surface area contributed by atoms with Crippen LogP contribution in [0, 0.1) is 13.8 Å². The first-order chi connectivity index (χ1) is 16.3. The van der Waals surface area contributed by atoms with Crippen LogP contribution in [-0.2, 0) is 4.79 Å². The van der Waals surface area contributed by atoms with Gasteiger partial charge in [0.1, 0.15) is 6.04 Å². The molecule has 0 radical (unpaired) electrons. The number of nitrogens with zero attached hydrogens (tertiary/aromatic N) is 2. The van der Waals surface area contributed by atoms with Crippen molar-refractivity contribution < 1.29 is 14.0 Å². The van der Waals surface area contributed by atoms with Crippen LogP contribution in [0.15, 0.2) is 65.3 Å². The van der Waals surface area contributed by atoms with E-state index in [4.69, 9.17) is 4.42 Å². The van der Waals surface area contributed by atoms with Gasteiger partial charge in [0, 0.05) is 31.5 Å². The summed E-state index contributed by atoms with van der Waals surface area (Å²) in [5.74, 6) is -0.322. The van der Waals surface area contributed by atoms with E-state index in [1.807, 2.05) is 75.3 Å². The number of rotatable bonds is 7. The average molecular weight is 460 g/mol. The first kappa shape index (κ1) is 23.6. The van der Waals surface area contributed by atoms with Crippen LogP contribution in [0.4, 0.5) is 11.4 Å². The van der Waals surface area contributed by atoms with E-state index in [9.17, 15) is 9.59 Å². The zero-order valence-corrected chi connectivity index (χ0v) is 20.4. The SMILES string of the molecule is Cc1ccc(C)c(N(C(=O)c2ccco2)[C@H](C(=O)NC2CCCC2)c2ccc(N(C)C)cc2)c1. The molecule has 4 rings (SSSR count). The Bertz CT molecular complexity index is 1130. The highest BCUT2D eigenvalue weighted by Crippen LogP contribution is 2.34. The predicted molar refractivity (Wildman–Crippen MR) is 135 cm³/mol. The molecule has 1 heterocycles. The maximum atomic E-state index is 13.9. The maximum Gasteiger partial charge on any atom is 0.294 e. The van der Waals surface area contributed by atoms with Crippen molar-refractivity contribution in [2.45, 2.75) is 51.6 Å². The molecule has 1 aliphatic carbocycles. The molecule has 6 heteroatoms. The predicted octanol–water partition coefficient (Wildman–Crippen LogP) is 5.41. The summed E-state index contributed by atoms with van der Waals surface area (Å²) in [6.07, 6.45) is 5.63. The van der Waals surface area contributed by atoms with Crippen molar-refractivity contribution in [3.63, 3.8) is 0 Å². The Morgan fingerprint density at radius 2 is 1.71 bits per heavy atom. The number of anilines is 2. The normalized spacial score (nSPS) is 14.6. The third-order valence-electron chi connectivity index (χ3n) is 6.51. The smallest absolute Gasteiger partial charge is 0.294 e. The molecule has 1 saturated carbocycles. The quantitative estimate of drug-likeness (QED) is 0.513. The van der Waals surface area contributed by atoms with Crippen molar-refractivity contribution in [1.29, 1.82) is 0 Å². The average Bonchev–Trinajstić information content (AvgIpc) is 3.53. The third-order valence-corrected chi connectivity index (χ3v) is 6.51. The monoisotopic (exact) mass is 459 g/mol. The Morgan fingerprint density at radius 3 is 2.32 bits per heavy atom. The highest BCUT2D eigenvalue weighted by atomic mass is 16.3. The largest absolute Gasteiger partial charge is 0.459 e. The van der Waals surface area contributed by atoms with E-state index < -0.39 is 6.04 Å². The number of nitrogens with one attached hydrogen (secondary N) is 1. The van der Waals surface area contributed by atoms with Crippen molar-refractivity contribution in [2.24, 2.45) is 0 Å². The molecule has 6 nitrogen and oxygen atoms in total. The minimum absolute atomic E-state index is 0.134. The van der Waals surface area contributed by atoms with Gasteiger partial charge in [-0.25, -0.2) is 0 Å². The number of hydrogen-bond acceptors (Lipinski definition) is 4. The van der Waals surface area contributed by atoms with Gasteiger partial charge in [0.2, 0.25) is 5.91 Å². The molecule has 0 unspecified atom stereocenters. The van der Waals surface area contributed by atoms with Crippen molar-refractivity contribution in [3.8, 4) is 0 Å². The summed E-state index contributed by atoms with van der Waals surface area (Å²) >= 11 is 0. The minimum atomic E-state index is -0.838. The van der Waals surface area contributed by atoms with Gasteiger partial charge in [0.25, 0.3) is 5.91 Å². The lowest BCUT2D eigenvalue weighted by molar-refractivity contribution is -0.123. The third kappa shape index (κ3) is 5.01. The molecule has 1 fully saturated rings. The molecule has 3 aromatic rings. The minimum Gasteiger partial charge on any atom is -0.459 e. The molecule has 0 spiro atoms. The van der Waals surface area contributed by atoms with Gasteiger partial charge in [-0.05, 0) is 73.7 Å². The van der Waals surface area contributed by atoms with Gasteiger partial charge < -0.3 is 14.6 Å². The van der Waals surface area contributed by atoms with Crippen LogP contribution in [0.25, 0.3) is 0 Å². The fourth-order valence-corrected chi connectivity index (χ4v) is 4.59. The summed E-state index contributed by atoms with van der Waals surface area (Å²) in [7, 11) is 3.95. The molecule has 0 saturated heterocycles. The van der Waals surface area contributed by atoms with Gasteiger partial charge in [0.05, 0.1) is 6.26 Å². The number of amides is 2. The summed E-state index contributed by atoms with van der Waals surface area (Å²) in [6, 6.07) is 16.4. The lowest BCUT2D eigenvalue weighted by atomic mass is 9.99. The second-order valence-corrected chi connectivity index (χ2v) is 9.32. The Hall–Kier alpha value is -3.54. The van der Waals surface area contributed by atoms with E-state index in [1.165, 1.54) is 6.26 Å². The van der Waals surface area contributed by atoms with E-state index in [0.29, 0.717) is 5.69 Å². The topological polar surface area (TPSA) is 65.8 Å². The van der Waals surface area contributed by atoms with Crippen molar-refractivity contribution in [3.05, 3.63) is 83.3 Å². The van der Waals surface area contributed by atoms with Crippen LogP contribution in [0.3, 0.4) is 0 Å². The lowest BCUT2D eigenvalue weighted by Gasteiger charge is -2.33. The van der Waals surface area contributed by atoms with E-state index >= 15 is 0 Å². The Kier molecular flexibility index (Phi) is 7.06. The van der Waals surface area contributed by atoms with Crippen molar-refractivity contribution in [1.82, 2.24) is 5.32 Å². The molecule has 1 aromatic heterocycles. The highest BCUT2D eigenvalue weighted by Gasteiger charge is 2.36. The Morgan fingerprint density at radius 1 is 1.00 bits per heavy atom. The van der Waals surface area contributed by atoms with E-state index in [1.54, 1.807) is 17.0 Å². The first-order valence-electron chi connectivity index (χ1n) is 11.9. The van der Waals surface area contributed by atoms with Gasteiger partial charge in [-0.1, -0.05) is 37.1 Å². The van der Waals surface area contributed by atoms with Crippen molar-refractivity contribution in [2.75, 3.05) is 23.9 Å². The fraction of sp³-hybridized carbons (Fsp3) is 0.357. The zero-order valence-electron chi connectivity index (χ0n) is 20.4. The number of aryl methyl sites for hydroxylation is 2. The molecular weight excluding hydrogens is 426 g/mol. The van der Waals surface area contributed by atoms with Gasteiger partial charge in [-0.2, -0.15) is 0 Å². The summed E-state index contributed by atoms with van der Waals surface area (Å²) in [5.41, 5.74) is 4.39. The molecule has 2 aromatic carbocycles. The molecule has 1 aliphatic rings. The zero-order chi connectivity index (χ0) is 24.2. The summed E-state index contributed by atoms with van der Waals surface area (Å²) in [5, 5.41) is 3.23. The molecule has 178 valence electrons. The number of hydrogen-bond donors (Lipinski definition) is 1. The van der Waals surface area contributed by atoms with Crippen LogP contribution >= 0.6 is 0 Å².